The summed E-state index contributed by atoms with van der Waals surface area (Å²) in [5.41, 5.74) is 0.794. The number of aliphatic imine (C=N–C) groups is 1. The largest absolute Gasteiger partial charge is 0.507 e. The molecular weight excluding hydrogens is 272 g/mol. The second-order valence-electron chi connectivity index (χ2n) is 5.76. The Hall–Kier alpha value is -2.39. The molecule has 0 aromatic heterocycles. The van der Waals surface area contributed by atoms with Crippen LogP contribution in [0.1, 0.15) is 5.56 Å². The van der Waals surface area contributed by atoms with Crippen molar-refractivity contribution in [1.82, 2.24) is 4.90 Å². The molecule has 0 saturated heterocycles. The summed E-state index contributed by atoms with van der Waals surface area (Å²) in [7, 11) is 4.05. The number of likely N-dealkylation sites (N-methyl/N-ethyl adjacent to an activating group) is 1. The van der Waals surface area contributed by atoms with Crippen LogP contribution in [0.2, 0.25) is 0 Å². The summed E-state index contributed by atoms with van der Waals surface area (Å²) in [6.07, 6.45) is 1.79. The molecule has 3 aromatic carbocycles. The monoisotopic (exact) mass is 292 g/mol. The minimum Gasteiger partial charge on any atom is -0.507 e. The third-order valence-electron chi connectivity index (χ3n) is 3.80. The van der Waals surface area contributed by atoms with Crippen LogP contribution in [-0.2, 0) is 0 Å². The Labute approximate surface area is 130 Å². The van der Waals surface area contributed by atoms with E-state index in [1.807, 2.05) is 32.3 Å². The zero-order valence-corrected chi connectivity index (χ0v) is 13.0. The van der Waals surface area contributed by atoms with Gasteiger partial charge < -0.3 is 10.0 Å². The maximum absolute atomic E-state index is 10.2. The highest BCUT2D eigenvalue weighted by Crippen LogP contribution is 2.29. The van der Waals surface area contributed by atoms with Crippen molar-refractivity contribution in [1.29, 1.82) is 0 Å². The molecule has 0 atom stereocenters. The van der Waals surface area contributed by atoms with E-state index in [4.69, 9.17) is 0 Å². The van der Waals surface area contributed by atoms with E-state index in [2.05, 4.69) is 34.2 Å². The smallest absolute Gasteiger partial charge is 0.124 e. The third-order valence-corrected chi connectivity index (χ3v) is 3.80. The number of aromatic hydroxyl groups is 1. The molecule has 0 radical (unpaired) electrons. The van der Waals surface area contributed by atoms with Crippen LogP contribution in [0.3, 0.4) is 0 Å². The van der Waals surface area contributed by atoms with Crippen molar-refractivity contribution in [2.75, 3.05) is 27.2 Å². The van der Waals surface area contributed by atoms with Crippen LogP contribution in [0.15, 0.2) is 53.5 Å². The van der Waals surface area contributed by atoms with Gasteiger partial charge >= 0.3 is 0 Å². The predicted molar refractivity (Wildman–Crippen MR) is 94.1 cm³/mol. The quantitative estimate of drug-likeness (QED) is 0.588. The Bertz CT molecular complexity index is 837. The first-order valence-corrected chi connectivity index (χ1v) is 7.44. The normalized spacial score (nSPS) is 12.0. The van der Waals surface area contributed by atoms with Gasteiger partial charge in [0.2, 0.25) is 0 Å². The average Bonchev–Trinajstić information content (AvgIpc) is 2.51. The van der Waals surface area contributed by atoms with Gasteiger partial charge in [0, 0.05) is 18.3 Å². The number of hydrogen-bond donors (Lipinski definition) is 1. The number of fused-ring (bicyclic) bond motifs is 2. The lowest BCUT2D eigenvalue weighted by atomic mass is 9.99. The van der Waals surface area contributed by atoms with Gasteiger partial charge in [-0.15, -0.1) is 0 Å². The molecule has 0 heterocycles. The topological polar surface area (TPSA) is 35.8 Å². The van der Waals surface area contributed by atoms with Gasteiger partial charge in [0.15, 0.2) is 0 Å². The van der Waals surface area contributed by atoms with E-state index in [1.54, 1.807) is 12.3 Å². The minimum atomic E-state index is 0.274. The highest BCUT2D eigenvalue weighted by molar-refractivity contribution is 6.07. The molecule has 22 heavy (non-hydrogen) atoms. The van der Waals surface area contributed by atoms with Crippen LogP contribution in [-0.4, -0.2) is 43.4 Å². The van der Waals surface area contributed by atoms with E-state index in [0.717, 1.165) is 29.4 Å². The van der Waals surface area contributed by atoms with Crippen LogP contribution in [0.4, 0.5) is 0 Å². The van der Waals surface area contributed by atoms with E-state index in [1.165, 1.54) is 10.8 Å². The second kappa shape index (κ2) is 6.16. The number of phenols is 1. The van der Waals surface area contributed by atoms with Crippen LogP contribution in [0, 0.1) is 0 Å². The predicted octanol–water partition coefficient (Wildman–Crippen LogP) is 3.68. The fourth-order valence-corrected chi connectivity index (χ4v) is 2.57. The molecule has 3 heteroatoms. The van der Waals surface area contributed by atoms with Gasteiger partial charge in [0.1, 0.15) is 5.75 Å². The fourth-order valence-electron chi connectivity index (χ4n) is 2.57. The lowest BCUT2D eigenvalue weighted by Crippen LogP contribution is -2.15. The zero-order valence-electron chi connectivity index (χ0n) is 13.0. The van der Waals surface area contributed by atoms with Crippen molar-refractivity contribution < 1.29 is 5.11 Å². The van der Waals surface area contributed by atoms with Crippen LogP contribution < -0.4 is 0 Å². The van der Waals surface area contributed by atoms with E-state index < -0.39 is 0 Å². The van der Waals surface area contributed by atoms with Crippen molar-refractivity contribution in [3.05, 3.63) is 54.1 Å². The van der Waals surface area contributed by atoms with Crippen LogP contribution in [0.25, 0.3) is 21.5 Å². The molecule has 0 unspecified atom stereocenters. The standard InChI is InChI=1S/C19H20N2O/c1-21(2)10-9-20-13-18-17-12-15-6-4-3-5-14(15)11-16(17)7-8-19(18)22/h3-8,11-13,22H,9-10H2,1-2H3. The van der Waals surface area contributed by atoms with Gasteiger partial charge in [0.25, 0.3) is 0 Å². The van der Waals surface area contributed by atoms with E-state index >= 15 is 0 Å². The van der Waals surface area contributed by atoms with E-state index in [0.29, 0.717) is 0 Å². The summed E-state index contributed by atoms with van der Waals surface area (Å²) in [5, 5.41) is 14.7. The Kier molecular flexibility index (Phi) is 4.07. The second-order valence-corrected chi connectivity index (χ2v) is 5.76. The number of benzene rings is 3. The van der Waals surface area contributed by atoms with E-state index in [9.17, 15) is 5.11 Å². The molecule has 0 bridgehead atoms. The molecule has 3 nitrogen and oxygen atoms in total. The first-order valence-electron chi connectivity index (χ1n) is 7.44. The molecule has 0 fully saturated rings. The summed E-state index contributed by atoms with van der Waals surface area (Å²) in [5.74, 6) is 0.274. The zero-order chi connectivity index (χ0) is 15.5. The van der Waals surface area contributed by atoms with Crippen molar-refractivity contribution >= 4 is 27.8 Å². The Morgan fingerprint density at radius 3 is 2.45 bits per heavy atom. The maximum Gasteiger partial charge on any atom is 0.124 e. The summed E-state index contributed by atoms with van der Waals surface area (Å²) < 4.78 is 0. The van der Waals surface area contributed by atoms with E-state index in [-0.39, 0.29) is 5.75 Å². The number of hydrogen-bond acceptors (Lipinski definition) is 3. The first kappa shape index (κ1) is 14.5. The Morgan fingerprint density at radius 2 is 1.73 bits per heavy atom. The summed E-state index contributed by atoms with van der Waals surface area (Å²) in [6.45, 7) is 1.61. The molecule has 1 N–H and O–H groups in total. The molecule has 0 amide bonds. The highest BCUT2D eigenvalue weighted by atomic mass is 16.3. The van der Waals surface area contributed by atoms with Gasteiger partial charge in [0.05, 0.1) is 6.54 Å². The summed E-state index contributed by atoms with van der Waals surface area (Å²) in [6, 6.07) is 16.2. The molecule has 112 valence electrons. The average molecular weight is 292 g/mol. The number of phenolic OH excluding ortho intramolecular Hbond substituents is 1. The molecular formula is C19H20N2O. The van der Waals surface area contributed by atoms with Gasteiger partial charge in [-0.2, -0.15) is 0 Å². The molecule has 0 spiro atoms. The Morgan fingerprint density at radius 1 is 1.00 bits per heavy atom. The maximum atomic E-state index is 10.2. The first-order chi connectivity index (χ1) is 10.6. The molecule has 0 aliphatic heterocycles. The molecule has 0 saturated carbocycles. The van der Waals surface area contributed by atoms with Gasteiger partial charge in [-0.05, 0) is 53.8 Å². The third kappa shape index (κ3) is 2.95. The van der Waals surface area contributed by atoms with Gasteiger partial charge in [-0.3, -0.25) is 4.99 Å². The van der Waals surface area contributed by atoms with Gasteiger partial charge in [-0.1, -0.05) is 30.3 Å². The minimum absolute atomic E-state index is 0.274. The fraction of sp³-hybridized carbons (Fsp3) is 0.211. The number of rotatable bonds is 4. The molecule has 0 aliphatic rings. The van der Waals surface area contributed by atoms with Crippen LogP contribution >= 0.6 is 0 Å². The van der Waals surface area contributed by atoms with Crippen molar-refractivity contribution in [2.45, 2.75) is 0 Å². The SMILES string of the molecule is CN(C)CCN=Cc1c(O)ccc2cc3ccccc3cc12. The number of nitrogens with zero attached hydrogens (tertiary/aromatic N) is 2. The lowest BCUT2D eigenvalue weighted by Gasteiger charge is -2.08. The molecule has 3 aromatic rings. The van der Waals surface area contributed by atoms with Crippen molar-refractivity contribution in [3.63, 3.8) is 0 Å². The summed E-state index contributed by atoms with van der Waals surface area (Å²) >= 11 is 0. The Balaban J connectivity index is 2.07. The lowest BCUT2D eigenvalue weighted by molar-refractivity contribution is 0.421. The highest BCUT2D eigenvalue weighted by Gasteiger charge is 2.06. The molecule has 0 aliphatic carbocycles. The van der Waals surface area contributed by atoms with Crippen molar-refractivity contribution in [3.8, 4) is 5.75 Å². The van der Waals surface area contributed by atoms with Gasteiger partial charge in [-0.25, -0.2) is 0 Å². The summed E-state index contributed by atoms with van der Waals surface area (Å²) in [4.78, 5) is 6.54. The van der Waals surface area contributed by atoms with Crippen LogP contribution in [0.5, 0.6) is 5.75 Å². The van der Waals surface area contributed by atoms with Crippen molar-refractivity contribution in [2.24, 2.45) is 4.99 Å². The molecule has 3 rings (SSSR count).